The molecule has 0 radical (unpaired) electrons. The number of hydrogen-bond donors (Lipinski definition) is 3. The Morgan fingerprint density at radius 1 is 1.00 bits per heavy atom. The van der Waals surface area contributed by atoms with Crippen molar-refractivity contribution in [3.63, 3.8) is 0 Å². The van der Waals surface area contributed by atoms with Crippen LogP contribution in [0.4, 0.5) is 11.4 Å². The van der Waals surface area contributed by atoms with E-state index in [9.17, 15) is 0 Å². The van der Waals surface area contributed by atoms with Gasteiger partial charge in [0.2, 0.25) is 0 Å². The predicted octanol–water partition coefficient (Wildman–Crippen LogP) is 2.84. The maximum Gasteiger partial charge on any atom is 0.0649 e. The zero-order valence-corrected chi connectivity index (χ0v) is 11.4. The molecular formula is C16H18N4. The quantitative estimate of drug-likeness (QED) is 0.452. The highest BCUT2D eigenvalue weighted by atomic mass is 15.3. The smallest absolute Gasteiger partial charge is 0.0649 e. The van der Waals surface area contributed by atoms with Crippen molar-refractivity contribution in [2.24, 2.45) is 5.10 Å². The van der Waals surface area contributed by atoms with Gasteiger partial charge in [-0.05, 0) is 36.8 Å². The molecule has 4 heteroatoms. The van der Waals surface area contributed by atoms with Gasteiger partial charge in [-0.3, -0.25) is 5.43 Å². The van der Waals surface area contributed by atoms with Crippen molar-refractivity contribution in [1.82, 2.24) is 5.43 Å². The molecule has 0 atom stereocenters. The van der Waals surface area contributed by atoms with Gasteiger partial charge in [-0.15, -0.1) is 0 Å². The van der Waals surface area contributed by atoms with Gasteiger partial charge in [0.05, 0.1) is 11.4 Å². The zero-order valence-electron chi connectivity index (χ0n) is 11.4. The van der Waals surface area contributed by atoms with Gasteiger partial charge in [-0.25, -0.2) is 0 Å². The highest BCUT2D eigenvalue weighted by molar-refractivity contribution is 5.99. The van der Waals surface area contributed by atoms with Crippen LogP contribution in [-0.4, -0.2) is 5.71 Å². The molecule has 0 saturated heterocycles. The maximum absolute atomic E-state index is 5.75. The van der Waals surface area contributed by atoms with Crippen molar-refractivity contribution in [3.8, 4) is 0 Å². The second-order valence-electron chi connectivity index (χ2n) is 4.54. The van der Waals surface area contributed by atoms with E-state index in [1.165, 1.54) is 0 Å². The Morgan fingerprint density at radius 2 is 1.55 bits per heavy atom. The molecule has 0 heterocycles. The molecule has 0 aliphatic carbocycles. The van der Waals surface area contributed by atoms with Crippen LogP contribution in [0.2, 0.25) is 0 Å². The Morgan fingerprint density at radius 3 is 2.15 bits per heavy atom. The topological polar surface area (TPSA) is 76.4 Å². The fourth-order valence-electron chi connectivity index (χ4n) is 1.77. The summed E-state index contributed by atoms with van der Waals surface area (Å²) in [5.41, 5.74) is 19.3. The highest BCUT2D eigenvalue weighted by Gasteiger charge is 2.00. The predicted molar refractivity (Wildman–Crippen MR) is 86.1 cm³/mol. The summed E-state index contributed by atoms with van der Waals surface area (Å²) in [4.78, 5) is 0. The molecule has 5 N–H and O–H groups in total. The van der Waals surface area contributed by atoms with Crippen LogP contribution in [0.1, 0.15) is 18.1 Å². The normalized spacial score (nSPS) is 11.2. The summed E-state index contributed by atoms with van der Waals surface area (Å²) in [6.07, 6.45) is 0. The Bertz CT molecular complexity index is 659. The van der Waals surface area contributed by atoms with Crippen molar-refractivity contribution in [1.29, 1.82) is 0 Å². The van der Waals surface area contributed by atoms with Gasteiger partial charge in [0.1, 0.15) is 0 Å². The highest BCUT2D eigenvalue weighted by Crippen LogP contribution is 2.13. The first-order chi connectivity index (χ1) is 9.56. The lowest BCUT2D eigenvalue weighted by molar-refractivity contribution is 0.991. The van der Waals surface area contributed by atoms with Crippen LogP contribution in [0.25, 0.3) is 5.70 Å². The summed E-state index contributed by atoms with van der Waals surface area (Å²) in [6, 6.07) is 15.1. The van der Waals surface area contributed by atoms with Gasteiger partial charge < -0.3 is 11.5 Å². The van der Waals surface area contributed by atoms with Crippen molar-refractivity contribution in [2.45, 2.75) is 6.92 Å². The average Bonchev–Trinajstić information content (AvgIpc) is 2.44. The first kappa shape index (κ1) is 13.7. The summed E-state index contributed by atoms with van der Waals surface area (Å²) in [6.45, 7) is 5.86. The van der Waals surface area contributed by atoms with Crippen LogP contribution in [-0.2, 0) is 0 Å². The number of anilines is 2. The standard InChI is InChI=1S/C16H18N4/c1-11(13-5-3-7-15(17)9-13)19-20-12(2)14-6-4-8-16(18)10-14/h3-10,19H,1,17-18H2,2H3/b20-12+. The molecule has 0 aliphatic rings. The fourth-order valence-corrected chi connectivity index (χ4v) is 1.77. The summed E-state index contributed by atoms with van der Waals surface area (Å²) in [7, 11) is 0. The van der Waals surface area contributed by atoms with E-state index in [-0.39, 0.29) is 0 Å². The summed E-state index contributed by atoms with van der Waals surface area (Å²) >= 11 is 0. The van der Waals surface area contributed by atoms with Gasteiger partial charge in [-0.2, -0.15) is 5.10 Å². The molecule has 0 saturated carbocycles. The first-order valence-electron chi connectivity index (χ1n) is 6.27. The van der Waals surface area contributed by atoms with Crippen LogP contribution < -0.4 is 16.9 Å². The molecule has 102 valence electrons. The van der Waals surface area contributed by atoms with Crippen LogP contribution in [0.15, 0.2) is 60.2 Å². The SMILES string of the molecule is C=C(N/N=C(\C)c1cccc(N)c1)c1cccc(N)c1. The summed E-state index contributed by atoms with van der Waals surface area (Å²) in [5, 5.41) is 4.31. The molecule has 4 nitrogen and oxygen atoms in total. The van der Waals surface area contributed by atoms with Crippen molar-refractivity contribution < 1.29 is 0 Å². The lowest BCUT2D eigenvalue weighted by atomic mass is 10.1. The monoisotopic (exact) mass is 266 g/mol. The van der Waals surface area contributed by atoms with Gasteiger partial charge in [0, 0.05) is 16.9 Å². The van der Waals surface area contributed by atoms with Gasteiger partial charge in [-0.1, -0.05) is 30.8 Å². The van der Waals surface area contributed by atoms with Gasteiger partial charge in [0.25, 0.3) is 0 Å². The van der Waals surface area contributed by atoms with Gasteiger partial charge in [0.15, 0.2) is 0 Å². The van der Waals surface area contributed by atoms with Crippen LogP contribution in [0, 0.1) is 0 Å². The number of nitrogens with zero attached hydrogens (tertiary/aromatic N) is 1. The molecule has 0 amide bonds. The van der Waals surface area contributed by atoms with Crippen LogP contribution in [0.5, 0.6) is 0 Å². The molecule has 2 aromatic rings. The minimum atomic E-state index is 0.695. The number of rotatable bonds is 4. The largest absolute Gasteiger partial charge is 0.399 e. The Balaban J connectivity index is 2.11. The third kappa shape index (κ3) is 3.38. The summed E-state index contributed by atoms with van der Waals surface area (Å²) < 4.78 is 0. The lowest BCUT2D eigenvalue weighted by Crippen LogP contribution is -2.08. The van der Waals surface area contributed by atoms with Crippen molar-refractivity contribution >= 4 is 22.8 Å². The Hall–Kier alpha value is -2.75. The molecule has 2 rings (SSSR count). The van der Waals surface area contributed by atoms with Gasteiger partial charge >= 0.3 is 0 Å². The molecule has 0 spiro atoms. The van der Waals surface area contributed by atoms with Crippen LogP contribution >= 0.6 is 0 Å². The van der Waals surface area contributed by atoms with Crippen molar-refractivity contribution in [2.75, 3.05) is 11.5 Å². The average molecular weight is 266 g/mol. The van der Waals surface area contributed by atoms with E-state index in [0.29, 0.717) is 17.1 Å². The molecule has 20 heavy (non-hydrogen) atoms. The van der Waals surface area contributed by atoms with E-state index in [1.54, 1.807) is 0 Å². The summed E-state index contributed by atoms with van der Waals surface area (Å²) in [5.74, 6) is 0. The fraction of sp³-hybridized carbons (Fsp3) is 0.0625. The third-order valence-corrected chi connectivity index (χ3v) is 2.90. The van der Waals surface area contributed by atoms with E-state index < -0.39 is 0 Å². The van der Waals surface area contributed by atoms with E-state index >= 15 is 0 Å². The Labute approximate surface area is 118 Å². The second kappa shape index (κ2) is 5.93. The molecule has 0 unspecified atom stereocenters. The number of nitrogens with one attached hydrogen (secondary N) is 1. The molecule has 0 aliphatic heterocycles. The third-order valence-electron chi connectivity index (χ3n) is 2.90. The van der Waals surface area contributed by atoms with E-state index in [2.05, 4.69) is 17.1 Å². The molecule has 0 aromatic heterocycles. The number of hydrazone groups is 1. The van der Waals surface area contributed by atoms with E-state index in [0.717, 1.165) is 16.8 Å². The lowest BCUT2D eigenvalue weighted by Gasteiger charge is -2.08. The molecule has 2 aromatic carbocycles. The number of nitrogens with two attached hydrogens (primary N) is 2. The molecular weight excluding hydrogens is 248 g/mol. The minimum Gasteiger partial charge on any atom is -0.399 e. The number of nitrogen functional groups attached to an aromatic ring is 2. The molecule has 0 fully saturated rings. The first-order valence-corrected chi connectivity index (χ1v) is 6.27. The van der Waals surface area contributed by atoms with Crippen molar-refractivity contribution in [3.05, 3.63) is 66.2 Å². The molecule has 0 bridgehead atoms. The second-order valence-corrected chi connectivity index (χ2v) is 4.54. The minimum absolute atomic E-state index is 0.695. The number of hydrogen-bond acceptors (Lipinski definition) is 4. The number of benzene rings is 2. The Kier molecular flexibility index (Phi) is 4.05. The maximum atomic E-state index is 5.75. The zero-order chi connectivity index (χ0) is 14.5. The van der Waals surface area contributed by atoms with Crippen LogP contribution in [0.3, 0.4) is 0 Å². The van der Waals surface area contributed by atoms with E-state index in [4.69, 9.17) is 11.5 Å². The van der Waals surface area contributed by atoms with E-state index in [1.807, 2.05) is 55.5 Å².